The lowest BCUT2D eigenvalue weighted by Crippen LogP contribution is -2.38. The summed E-state index contributed by atoms with van der Waals surface area (Å²) in [5.74, 6) is 0.740. The van der Waals surface area contributed by atoms with Crippen LogP contribution < -0.4 is 10.6 Å². The topological polar surface area (TPSA) is 24.1 Å². The molecule has 0 aliphatic carbocycles. The Kier molecular flexibility index (Phi) is 4.39. The summed E-state index contributed by atoms with van der Waals surface area (Å²) in [6, 6.07) is 0.724. The fourth-order valence-electron chi connectivity index (χ4n) is 1.71. The van der Waals surface area contributed by atoms with Gasteiger partial charge >= 0.3 is 0 Å². The van der Waals surface area contributed by atoms with Crippen LogP contribution in [-0.2, 0) is 0 Å². The van der Waals surface area contributed by atoms with Gasteiger partial charge in [0, 0.05) is 12.6 Å². The smallest absolute Gasteiger partial charge is 0.0192 e. The maximum absolute atomic E-state index is 3.57. The Labute approximate surface area is 88.8 Å². The van der Waals surface area contributed by atoms with E-state index in [0.717, 1.165) is 25.0 Å². The van der Waals surface area contributed by atoms with Gasteiger partial charge in [-0.2, -0.15) is 0 Å². The standard InChI is InChI=1S/C12H26N2/c1-10(12(2,3)4)8-13-9-11-6-5-7-14-11/h10-11,13-14H,5-9H2,1-4H3. The van der Waals surface area contributed by atoms with Crippen molar-refractivity contribution in [3.05, 3.63) is 0 Å². The van der Waals surface area contributed by atoms with Gasteiger partial charge in [-0.3, -0.25) is 0 Å². The molecule has 84 valence electrons. The van der Waals surface area contributed by atoms with Gasteiger partial charge in [0.15, 0.2) is 0 Å². The largest absolute Gasteiger partial charge is 0.315 e. The van der Waals surface area contributed by atoms with Gasteiger partial charge < -0.3 is 10.6 Å². The van der Waals surface area contributed by atoms with Crippen molar-refractivity contribution in [2.24, 2.45) is 11.3 Å². The molecule has 1 heterocycles. The van der Waals surface area contributed by atoms with Gasteiger partial charge in [0.25, 0.3) is 0 Å². The molecule has 2 heteroatoms. The number of hydrogen-bond donors (Lipinski definition) is 2. The SMILES string of the molecule is CC(CNCC1CCCN1)C(C)(C)C. The lowest BCUT2D eigenvalue weighted by atomic mass is 9.82. The van der Waals surface area contributed by atoms with Crippen LogP contribution in [0.3, 0.4) is 0 Å². The normalized spacial score (nSPS) is 25.3. The van der Waals surface area contributed by atoms with Crippen LogP contribution in [0.5, 0.6) is 0 Å². The molecule has 0 aromatic heterocycles. The molecular weight excluding hydrogens is 172 g/mol. The molecule has 0 bridgehead atoms. The van der Waals surface area contributed by atoms with Crippen molar-refractivity contribution in [2.75, 3.05) is 19.6 Å². The van der Waals surface area contributed by atoms with Crippen molar-refractivity contribution in [3.8, 4) is 0 Å². The van der Waals surface area contributed by atoms with Crippen molar-refractivity contribution in [1.82, 2.24) is 10.6 Å². The Morgan fingerprint density at radius 3 is 2.64 bits per heavy atom. The summed E-state index contributed by atoms with van der Waals surface area (Å²) in [7, 11) is 0. The zero-order chi connectivity index (χ0) is 10.6. The third-order valence-electron chi connectivity index (χ3n) is 3.48. The second kappa shape index (κ2) is 5.13. The molecule has 14 heavy (non-hydrogen) atoms. The minimum Gasteiger partial charge on any atom is -0.315 e. The Morgan fingerprint density at radius 1 is 1.43 bits per heavy atom. The molecule has 2 atom stereocenters. The van der Waals surface area contributed by atoms with E-state index >= 15 is 0 Å². The van der Waals surface area contributed by atoms with Crippen molar-refractivity contribution in [1.29, 1.82) is 0 Å². The molecule has 0 aromatic carbocycles. The van der Waals surface area contributed by atoms with Crippen LogP contribution in [0.1, 0.15) is 40.5 Å². The third kappa shape index (κ3) is 3.97. The van der Waals surface area contributed by atoms with Crippen LogP contribution in [0.25, 0.3) is 0 Å². The molecule has 1 aliphatic rings. The van der Waals surface area contributed by atoms with Crippen LogP contribution in [0.15, 0.2) is 0 Å². The minimum atomic E-state index is 0.427. The molecule has 1 aliphatic heterocycles. The molecular formula is C12H26N2. The highest BCUT2D eigenvalue weighted by Crippen LogP contribution is 2.24. The molecule has 2 unspecified atom stereocenters. The number of rotatable bonds is 4. The monoisotopic (exact) mass is 198 g/mol. The van der Waals surface area contributed by atoms with E-state index in [-0.39, 0.29) is 0 Å². The number of nitrogens with one attached hydrogen (secondary N) is 2. The summed E-state index contributed by atoms with van der Waals surface area (Å²) in [4.78, 5) is 0. The highest BCUT2D eigenvalue weighted by molar-refractivity contribution is 4.78. The first-order chi connectivity index (χ1) is 6.50. The fraction of sp³-hybridized carbons (Fsp3) is 1.00. The van der Waals surface area contributed by atoms with Gasteiger partial charge in [-0.15, -0.1) is 0 Å². The van der Waals surface area contributed by atoms with Gasteiger partial charge in [-0.05, 0) is 37.3 Å². The lowest BCUT2D eigenvalue weighted by Gasteiger charge is -2.28. The van der Waals surface area contributed by atoms with Gasteiger partial charge in [-0.1, -0.05) is 27.7 Å². The predicted molar refractivity (Wildman–Crippen MR) is 62.5 cm³/mol. The van der Waals surface area contributed by atoms with E-state index < -0.39 is 0 Å². The summed E-state index contributed by atoms with van der Waals surface area (Å²) in [5, 5.41) is 7.08. The van der Waals surface area contributed by atoms with Crippen molar-refractivity contribution in [3.63, 3.8) is 0 Å². The number of hydrogen-bond acceptors (Lipinski definition) is 2. The van der Waals surface area contributed by atoms with Gasteiger partial charge in [0.05, 0.1) is 0 Å². The molecule has 0 amide bonds. The summed E-state index contributed by atoms with van der Waals surface area (Å²) in [6.07, 6.45) is 2.69. The third-order valence-corrected chi connectivity index (χ3v) is 3.48. The molecule has 0 radical (unpaired) electrons. The second-order valence-corrected chi connectivity index (χ2v) is 5.72. The fourth-order valence-corrected chi connectivity index (χ4v) is 1.71. The summed E-state index contributed by atoms with van der Waals surface area (Å²) in [5.41, 5.74) is 0.427. The molecule has 0 spiro atoms. The predicted octanol–water partition coefficient (Wildman–Crippen LogP) is 2.01. The molecule has 1 fully saturated rings. The first-order valence-electron chi connectivity index (χ1n) is 5.94. The van der Waals surface area contributed by atoms with Crippen molar-refractivity contribution < 1.29 is 0 Å². The molecule has 2 N–H and O–H groups in total. The van der Waals surface area contributed by atoms with E-state index in [2.05, 4.69) is 38.3 Å². The first kappa shape index (κ1) is 12.0. The average Bonchev–Trinajstić information content (AvgIpc) is 2.55. The van der Waals surface area contributed by atoms with E-state index in [1.165, 1.54) is 19.4 Å². The van der Waals surface area contributed by atoms with Crippen molar-refractivity contribution >= 4 is 0 Å². The average molecular weight is 198 g/mol. The zero-order valence-corrected chi connectivity index (χ0v) is 10.2. The molecule has 2 nitrogen and oxygen atoms in total. The van der Waals surface area contributed by atoms with Crippen LogP contribution in [-0.4, -0.2) is 25.7 Å². The van der Waals surface area contributed by atoms with E-state index in [1.54, 1.807) is 0 Å². The lowest BCUT2D eigenvalue weighted by molar-refractivity contribution is 0.251. The van der Waals surface area contributed by atoms with E-state index in [4.69, 9.17) is 0 Å². The molecule has 1 saturated heterocycles. The van der Waals surface area contributed by atoms with Gasteiger partial charge in [-0.25, -0.2) is 0 Å². The second-order valence-electron chi connectivity index (χ2n) is 5.72. The maximum Gasteiger partial charge on any atom is 0.0192 e. The molecule has 1 rings (SSSR count). The minimum absolute atomic E-state index is 0.427. The van der Waals surface area contributed by atoms with Crippen LogP contribution >= 0.6 is 0 Å². The maximum atomic E-state index is 3.57. The Balaban J connectivity index is 2.08. The summed E-state index contributed by atoms with van der Waals surface area (Å²) >= 11 is 0. The van der Waals surface area contributed by atoms with Gasteiger partial charge in [0.2, 0.25) is 0 Å². The van der Waals surface area contributed by atoms with E-state index in [0.29, 0.717) is 5.41 Å². The summed E-state index contributed by atoms with van der Waals surface area (Å²) < 4.78 is 0. The Bertz CT molecular complexity index is 154. The first-order valence-corrected chi connectivity index (χ1v) is 5.94. The van der Waals surface area contributed by atoms with E-state index in [1.807, 2.05) is 0 Å². The zero-order valence-electron chi connectivity index (χ0n) is 10.2. The Hall–Kier alpha value is -0.0800. The highest BCUT2D eigenvalue weighted by Gasteiger charge is 2.20. The quantitative estimate of drug-likeness (QED) is 0.722. The summed E-state index contributed by atoms with van der Waals surface area (Å²) in [6.45, 7) is 12.8. The molecule has 0 aromatic rings. The van der Waals surface area contributed by atoms with Crippen LogP contribution in [0.4, 0.5) is 0 Å². The Morgan fingerprint density at radius 2 is 2.14 bits per heavy atom. The van der Waals surface area contributed by atoms with E-state index in [9.17, 15) is 0 Å². The molecule has 0 saturated carbocycles. The highest BCUT2D eigenvalue weighted by atomic mass is 15.0. The van der Waals surface area contributed by atoms with Crippen molar-refractivity contribution in [2.45, 2.75) is 46.6 Å². The van der Waals surface area contributed by atoms with Gasteiger partial charge in [0.1, 0.15) is 0 Å². The van der Waals surface area contributed by atoms with Crippen LogP contribution in [0.2, 0.25) is 0 Å². The van der Waals surface area contributed by atoms with Crippen LogP contribution in [0, 0.1) is 11.3 Å².